The predicted molar refractivity (Wildman–Crippen MR) is 66.5 cm³/mol. The van der Waals surface area contributed by atoms with E-state index >= 15 is 0 Å². The van der Waals surface area contributed by atoms with E-state index in [4.69, 9.17) is 9.84 Å². The summed E-state index contributed by atoms with van der Waals surface area (Å²) in [7, 11) is 0. The quantitative estimate of drug-likeness (QED) is 0.896. The molecule has 2 aromatic rings. The van der Waals surface area contributed by atoms with Crippen LogP contribution in [0.4, 0.5) is 8.78 Å². The molecule has 0 bridgehead atoms. The molecule has 0 saturated carbocycles. The van der Waals surface area contributed by atoms with Gasteiger partial charge in [-0.25, -0.2) is 18.3 Å². The van der Waals surface area contributed by atoms with Crippen LogP contribution in [0.3, 0.4) is 0 Å². The van der Waals surface area contributed by atoms with E-state index in [0.717, 1.165) is 6.07 Å². The SMILES string of the molecule is O=C(O)c1cn(CCOc2c(F)cc(F)cc2Br)nn1. The summed E-state index contributed by atoms with van der Waals surface area (Å²) in [6.45, 7) is 0.188. The van der Waals surface area contributed by atoms with E-state index in [-0.39, 0.29) is 29.1 Å². The average Bonchev–Trinajstić information content (AvgIpc) is 2.81. The molecular formula is C11H8BrF2N3O3. The summed E-state index contributed by atoms with van der Waals surface area (Å²) < 4.78 is 32.9. The lowest BCUT2D eigenvalue weighted by molar-refractivity contribution is 0.0690. The molecule has 0 atom stereocenters. The van der Waals surface area contributed by atoms with Crippen LogP contribution in [-0.4, -0.2) is 32.7 Å². The Labute approximate surface area is 120 Å². The van der Waals surface area contributed by atoms with Crippen molar-refractivity contribution in [3.8, 4) is 5.75 Å². The third kappa shape index (κ3) is 3.29. The van der Waals surface area contributed by atoms with E-state index < -0.39 is 17.6 Å². The highest BCUT2D eigenvalue weighted by atomic mass is 79.9. The van der Waals surface area contributed by atoms with Crippen LogP contribution < -0.4 is 4.74 Å². The molecule has 1 aromatic heterocycles. The van der Waals surface area contributed by atoms with Crippen LogP contribution >= 0.6 is 15.9 Å². The van der Waals surface area contributed by atoms with Crippen LogP contribution in [0.25, 0.3) is 0 Å². The number of aromatic carboxylic acids is 1. The zero-order valence-corrected chi connectivity index (χ0v) is 11.5. The molecular weight excluding hydrogens is 340 g/mol. The Morgan fingerprint density at radius 2 is 2.20 bits per heavy atom. The van der Waals surface area contributed by atoms with Crippen molar-refractivity contribution in [1.82, 2.24) is 15.0 Å². The molecule has 0 aliphatic heterocycles. The van der Waals surface area contributed by atoms with Gasteiger partial charge in [-0.3, -0.25) is 0 Å². The number of halogens is 3. The maximum Gasteiger partial charge on any atom is 0.358 e. The molecule has 6 nitrogen and oxygen atoms in total. The van der Waals surface area contributed by atoms with Crippen molar-refractivity contribution in [2.45, 2.75) is 6.54 Å². The number of hydrogen-bond acceptors (Lipinski definition) is 4. The van der Waals surface area contributed by atoms with Crippen LogP contribution in [0.5, 0.6) is 5.75 Å². The molecule has 0 aliphatic carbocycles. The van der Waals surface area contributed by atoms with E-state index in [9.17, 15) is 13.6 Å². The van der Waals surface area contributed by atoms with Gasteiger partial charge in [0.2, 0.25) is 0 Å². The number of benzene rings is 1. The highest BCUT2D eigenvalue weighted by molar-refractivity contribution is 9.10. The summed E-state index contributed by atoms with van der Waals surface area (Å²) in [6.07, 6.45) is 1.22. The monoisotopic (exact) mass is 347 g/mol. The Morgan fingerprint density at radius 1 is 1.45 bits per heavy atom. The Balaban J connectivity index is 1.97. The first-order chi connectivity index (χ1) is 9.47. The van der Waals surface area contributed by atoms with Crippen molar-refractivity contribution >= 4 is 21.9 Å². The highest BCUT2D eigenvalue weighted by Gasteiger charge is 2.12. The van der Waals surface area contributed by atoms with Gasteiger partial charge in [-0.05, 0) is 22.0 Å². The summed E-state index contributed by atoms with van der Waals surface area (Å²) in [5.41, 5.74) is -0.195. The molecule has 0 fully saturated rings. The second-order valence-electron chi connectivity index (χ2n) is 3.72. The van der Waals surface area contributed by atoms with Gasteiger partial charge in [-0.15, -0.1) is 5.10 Å². The fraction of sp³-hybridized carbons (Fsp3) is 0.182. The van der Waals surface area contributed by atoms with Gasteiger partial charge in [0.15, 0.2) is 17.3 Å². The average molecular weight is 348 g/mol. The normalized spacial score (nSPS) is 10.6. The van der Waals surface area contributed by atoms with Gasteiger partial charge in [0.1, 0.15) is 12.4 Å². The molecule has 2 rings (SSSR count). The van der Waals surface area contributed by atoms with Gasteiger partial charge in [-0.2, -0.15) is 0 Å². The Bertz CT molecular complexity index is 625. The number of rotatable bonds is 5. The molecule has 1 aromatic carbocycles. The first-order valence-corrected chi connectivity index (χ1v) is 6.17. The summed E-state index contributed by atoms with van der Waals surface area (Å²) in [6, 6.07) is 1.79. The zero-order valence-electron chi connectivity index (χ0n) is 9.89. The van der Waals surface area contributed by atoms with Gasteiger partial charge in [0.05, 0.1) is 17.2 Å². The second kappa shape index (κ2) is 5.95. The number of ether oxygens (including phenoxy) is 1. The summed E-state index contributed by atoms with van der Waals surface area (Å²) in [4.78, 5) is 10.6. The molecule has 0 spiro atoms. The number of carboxylic acid groups (broad SMARTS) is 1. The molecule has 0 aliphatic rings. The number of hydrogen-bond donors (Lipinski definition) is 1. The summed E-state index contributed by atoms with van der Waals surface area (Å²) >= 11 is 2.99. The largest absolute Gasteiger partial charge is 0.487 e. The van der Waals surface area contributed by atoms with Crippen molar-refractivity contribution in [3.63, 3.8) is 0 Å². The lowest BCUT2D eigenvalue weighted by Crippen LogP contribution is -2.10. The number of carboxylic acids is 1. The highest BCUT2D eigenvalue weighted by Crippen LogP contribution is 2.29. The third-order valence-corrected chi connectivity index (χ3v) is 2.88. The van der Waals surface area contributed by atoms with E-state index in [0.29, 0.717) is 6.07 Å². The number of carbonyl (C=O) groups is 1. The minimum atomic E-state index is -1.19. The van der Waals surface area contributed by atoms with Crippen LogP contribution in [-0.2, 0) is 6.54 Å². The third-order valence-electron chi connectivity index (χ3n) is 2.29. The standard InChI is InChI=1S/C11H8BrF2N3O3/c12-7-3-6(13)4-8(14)10(7)20-2-1-17-5-9(11(18)19)15-16-17/h3-5H,1-2H2,(H,18,19). The molecule has 20 heavy (non-hydrogen) atoms. The van der Waals surface area contributed by atoms with Gasteiger partial charge >= 0.3 is 5.97 Å². The molecule has 0 amide bonds. The number of aromatic nitrogens is 3. The van der Waals surface area contributed by atoms with E-state index in [2.05, 4.69) is 26.2 Å². The van der Waals surface area contributed by atoms with E-state index in [1.54, 1.807) is 0 Å². The van der Waals surface area contributed by atoms with E-state index in [1.807, 2.05) is 0 Å². The minimum absolute atomic E-state index is 0.0174. The van der Waals surface area contributed by atoms with Crippen molar-refractivity contribution < 1.29 is 23.4 Å². The molecule has 9 heteroatoms. The second-order valence-corrected chi connectivity index (χ2v) is 4.57. The Morgan fingerprint density at radius 3 is 2.80 bits per heavy atom. The zero-order chi connectivity index (χ0) is 14.7. The fourth-order valence-electron chi connectivity index (χ4n) is 1.41. The maximum absolute atomic E-state index is 13.4. The van der Waals surface area contributed by atoms with E-state index in [1.165, 1.54) is 10.9 Å². The van der Waals surface area contributed by atoms with Crippen LogP contribution in [0.15, 0.2) is 22.8 Å². The topological polar surface area (TPSA) is 77.2 Å². The lowest BCUT2D eigenvalue weighted by Gasteiger charge is -2.09. The van der Waals surface area contributed by atoms with Crippen molar-refractivity contribution in [2.75, 3.05) is 6.61 Å². The van der Waals surface area contributed by atoms with Gasteiger partial charge in [-0.1, -0.05) is 5.21 Å². The molecule has 1 heterocycles. The van der Waals surface area contributed by atoms with Crippen LogP contribution in [0, 0.1) is 11.6 Å². The molecule has 0 saturated heterocycles. The van der Waals surface area contributed by atoms with Crippen molar-refractivity contribution in [3.05, 3.63) is 40.1 Å². The van der Waals surface area contributed by atoms with Crippen molar-refractivity contribution in [1.29, 1.82) is 0 Å². The van der Waals surface area contributed by atoms with Crippen LogP contribution in [0.1, 0.15) is 10.5 Å². The van der Waals surface area contributed by atoms with Gasteiger partial charge in [0.25, 0.3) is 0 Å². The van der Waals surface area contributed by atoms with Crippen LogP contribution in [0.2, 0.25) is 0 Å². The lowest BCUT2D eigenvalue weighted by atomic mass is 10.3. The summed E-state index contributed by atoms with van der Waals surface area (Å²) in [5, 5.41) is 15.6. The smallest absolute Gasteiger partial charge is 0.358 e. The first-order valence-electron chi connectivity index (χ1n) is 5.38. The molecule has 1 N–H and O–H groups in total. The Hall–Kier alpha value is -2.03. The van der Waals surface area contributed by atoms with Gasteiger partial charge in [0, 0.05) is 6.07 Å². The van der Waals surface area contributed by atoms with Gasteiger partial charge < -0.3 is 9.84 Å². The molecule has 0 radical (unpaired) electrons. The maximum atomic E-state index is 13.4. The molecule has 106 valence electrons. The molecule has 0 unspecified atom stereocenters. The summed E-state index contributed by atoms with van der Waals surface area (Å²) in [5.74, 6) is -2.86. The first kappa shape index (κ1) is 14.4. The minimum Gasteiger partial charge on any atom is -0.487 e. The van der Waals surface area contributed by atoms with Crippen molar-refractivity contribution in [2.24, 2.45) is 0 Å². The Kier molecular flexibility index (Phi) is 4.28. The predicted octanol–water partition coefficient (Wildman–Crippen LogP) is 2.10. The fourth-order valence-corrected chi connectivity index (χ4v) is 1.94. The number of nitrogens with zero attached hydrogens (tertiary/aromatic N) is 3.